The van der Waals surface area contributed by atoms with Gasteiger partial charge in [0.2, 0.25) is 0 Å². The molecular weight excluding hydrogens is 196 g/mol. The number of aliphatic hydroxyl groups excluding tert-OH is 1. The maximum absolute atomic E-state index is 9.47. The number of hydrogen-bond acceptors (Lipinski definition) is 1. The van der Waals surface area contributed by atoms with Crippen molar-refractivity contribution in [1.29, 1.82) is 0 Å². The van der Waals surface area contributed by atoms with Crippen molar-refractivity contribution in [3.05, 3.63) is 17.8 Å². The molecule has 2 unspecified atom stereocenters. The van der Waals surface area contributed by atoms with Gasteiger partial charge in [0.25, 0.3) is 0 Å². The molecule has 2 aliphatic carbocycles. The zero-order valence-electron chi connectivity index (χ0n) is 11.3. The summed E-state index contributed by atoms with van der Waals surface area (Å²) in [6.07, 6.45) is 3.59. The molecule has 1 heteroatoms. The minimum Gasteiger partial charge on any atom is -0.390 e. The molecule has 0 aromatic carbocycles. The van der Waals surface area contributed by atoms with Crippen LogP contribution < -0.4 is 0 Å². The molecule has 0 aromatic heterocycles. The number of allylic oxidation sites excluding steroid dienone is 1. The third-order valence-corrected chi connectivity index (χ3v) is 5.45. The lowest BCUT2D eigenvalue weighted by Gasteiger charge is -2.36. The van der Waals surface area contributed by atoms with Crippen molar-refractivity contribution in [1.82, 2.24) is 0 Å². The van der Waals surface area contributed by atoms with Gasteiger partial charge >= 0.3 is 0 Å². The molecule has 0 saturated heterocycles. The van der Waals surface area contributed by atoms with Gasteiger partial charge in [-0.2, -0.15) is 0 Å². The van der Waals surface area contributed by atoms with Crippen LogP contribution in [0.4, 0.5) is 0 Å². The molecule has 0 spiro atoms. The van der Waals surface area contributed by atoms with Gasteiger partial charge < -0.3 is 5.11 Å². The number of hydrogen-bond donors (Lipinski definition) is 1. The lowest BCUT2D eigenvalue weighted by Crippen LogP contribution is -2.29. The van der Waals surface area contributed by atoms with Crippen molar-refractivity contribution in [3.63, 3.8) is 0 Å². The molecule has 91 valence electrons. The van der Waals surface area contributed by atoms with Crippen molar-refractivity contribution in [2.45, 2.75) is 53.9 Å². The average molecular weight is 221 g/mol. The van der Waals surface area contributed by atoms with Gasteiger partial charge in [-0.25, -0.2) is 0 Å². The van der Waals surface area contributed by atoms with Crippen LogP contribution in [0.25, 0.3) is 0 Å². The molecule has 2 atom stereocenters. The molecule has 1 N–H and O–H groups in total. The van der Waals surface area contributed by atoms with Crippen molar-refractivity contribution in [2.24, 2.45) is 22.7 Å². The fourth-order valence-corrected chi connectivity index (χ4v) is 4.08. The molecule has 0 heterocycles. The van der Waals surface area contributed by atoms with Gasteiger partial charge in [0, 0.05) is 5.92 Å². The van der Waals surface area contributed by atoms with E-state index in [0.717, 1.165) is 6.42 Å². The van der Waals surface area contributed by atoms with Crippen molar-refractivity contribution in [3.8, 4) is 0 Å². The molecule has 0 aromatic rings. The second kappa shape index (κ2) is 3.60. The molecule has 2 aliphatic rings. The summed E-state index contributed by atoms with van der Waals surface area (Å²) < 4.78 is 0. The Morgan fingerprint density at radius 3 is 2.38 bits per heavy atom. The van der Waals surface area contributed by atoms with Crippen molar-refractivity contribution in [2.75, 3.05) is 0 Å². The molecule has 0 saturated carbocycles. The van der Waals surface area contributed by atoms with Gasteiger partial charge in [0.05, 0.1) is 6.61 Å². The Kier molecular flexibility index (Phi) is 2.73. The van der Waals surface area contributed by atoms with Gasteiger partial charge in [0.1, 0.15) is 0 Å². The van der Waals surface area contributed by atoms with Crippen LogP contribution in [0.5, 0.6) is 0 Å². The summed E-state index contributed by atoms with van der Waals surface area (Å²) in [6.45, 7) is 13.3. The molecule has 0 aliphatic heterocycles. The molecule has 0 fully saturated rings. The van der Waals surface area contributed by atoms with Crippen LogP contribution in [0.2, 0.25) is 0 Å². The Hall–Kier alpha value is -0.300. The lowest BCUT2D eigenvalue weighted by atomic mass is 9.68. The fraction of sp³-hybridized carbons (Fsp3) is 0.800. The highest BCUT2D eigenvalue weighted by atomic mass is 16.3. The van der Waals surface area contributed by atoms with Crippen LogP contribution in [-0.4, -0.2) is 5.11 Å². The van der Waals surface area contributed by atoms with E-state index in [1.165, 1.54) is 19.4 Å². The normalized spacial score (nSPS) is 36.4. The highest BCUT2D eigenvalue weighted by Gasteiger charge is 2.52. The maximum atomic E-state index is 9.47. The summed E-state index contributed by atoms with van der Waals surface area (Å²) in [5, 5.41) is 9.47. The van der Waals surface area contributed by atoms with Gasteiger partial charge in [-0.3, -0.25) is 0 Å². The highest BCUT2D eigenvalue weighted by molar-refractivity contribution is 5.38. The minimum absolute atomic E-state index is 0.239. The molecule has 1 nitrogen and oxygen atoms in total. The van der Waals surface area contributed by atoms with E-state index in [4.69, 9.17) is 0 Å². The van der Waals surface area contributed by atoms with E-state index in [2.05, 4.69) is 34.6 Å². The summed E-state index contributed by atoms with van der Waals surface area (Å²) in [7, 11) is 0. The van der Waals surface area contributed by atoms with E-state index in [1.807, 2.05) is 0 Å². The Morgan fingerprint density at radius 2 is 1.81 bits per heavy atom. The zero-order valence-corrected chi connectivity index (χ0v) is 11.3. The minimum atomic E-state index is 0.239. The average Bonchev–Trinajstić information content (AvgIpc) is 2.38. The highest BCUT2D eigenvalue weighted by Crippen LogP contribution is 2.62. The van der Waals surface area contributed by atoms with Gasteiger partial charge in [-0.1, -0.05) is 45.8 Å². The summed E-state index contributed by atoms with van der Waals surface area (Å²) in [6, 6.07) is 0. The van der Waals surface area contributed by atoms with Crippen LogP contribution in [0.3, 0.4) is 0 Å². The largest absolute Gasteiger partial charge is 0.390 e. The molecule has 1 radical (unpaired) electrons. The van der Waals surface area contributed by atoms with Crippen molar-refractivity contribution < 1.29 is 5.11 Å². The Balaban J connectivity index is 2.53. The number of aliphatic hydroxyl groups is 1. The van der Waals surface area contributed by atoms with Crippen LogP contribution in [0, 0.1) is 29.3 Å². The smallest absolute Gasteiger partial charge is 0.0870 e. The third kappa shape index (κ3) is 1.40. The first-order valence-corrected chi connectivity index (χ1v) is 6.55. The first-order valence-electron chi connectivity index (χ1n) is 6.55. The van der Waals surface area contributed by atoms with Crippen molar-refractivity contribution >= 4 is 0 Å². The summed E-state index contributed by atoms with van der Waals surface area (Å²) in [5.74, 6) is 0.966. The summed E-state index contributed by atoms with van der Waals surface area (Å²) >= 11 is 0. The lowest BCUT2D eigenvalue weighted by molar-refractivity contribution is 0.180. The second-order valence-electron chi connectivity index (χ2n) is 6.71. The number of rotatable bonds is 1. The predicted octanol–water partition coefficient (Wildman–Crippen LogP) is 4.32. The Morgan fingerprint density at radius 1 is 1.19 bits per heavy atom. The van der Waals surface area contributed by atoms with E-state index in [-0.39, 0.29) is 5.41 Å². The van der Waals surface area contributed by atoms with E-state index in [0.29, 0.717) is 17.3 Å². The fourth-order valence-electron chi connectivity index (χ4n) is 4.08. The molecule has 0 amide bonds. The predicted molar refractivity (Wildman–Crippen MR) is 67.3 cm³/mol. The van der Waals surface area contributed by atoms with E-state index < -0.39 is 0 Å². The van der Waals surface area contributed by atoms with Crippen LogP contribution in [0.15, 0.2) is 11.1 Å². The summed E-state index contributed by atoms with van der Waals surface area (Å²) in [5.41, 5.74) is 3.72. The van der Waals surface area contributed by atoms with Crippen LogP contribution >= 0.6 is 0 Å². The van der Waals surface area contributed by atoms with E-state index in [1.54, 1.807) is 11.1 Å². The monoisotopic (exact) mass is 221 g/mol. The molecule has 2 rings (SSSR count). The first-order chi connectivity index (χ1) is 7.33. The molecule has 0 bridgehead atoms. The zero-order chi connectivity index (χ0) is 12.1. The Bertz CT molecular complexity index is 322. The Labute approximate surface area is 99.9 Å². The SMILES string of the molecule is CC1C(C)(C)C2=C(C([CH]O)CCC2)C1(C)C. The van der Waals surface area contributed by atoms with Gasteiger partial charge in [-0.15, -0.1) is 0 Å². The van der Waals surface area contributed by atoms with E-state index >= 15 is 0 Å². The third-order valence-electron chi connectivity index (χ3n) is 5.45. The quantitative estimate of drug-likeness (QED) is 0.654. The van der Waals surface area contributed by atoms with Crippen LogP contribution in [-0.2, 0) is 0 Å². The second-order valence-corrected chi connectivity index (χ2v) is 6.71. The maximum Gasteiger partial charge on any atom is 0.0870 e. The van der Waals surface area contributed by atoms with E-state index in [9.17, 15) is 5.11 Å². The first kappa shape index (κ1) is 12.2. The topological polar surface area (TPSA) is 20.2 Å². The standard InChI is InChI=1S/C15H25O/c1-10-14(2,3)12-8-6-7-11(9-16)13(12)15(10,4)5/h9-11,16H,6-8H2,1-5H3. The summed E-state index contributed by atoms with van der Waals surface area (Å²) in [4.78, 5) is 0. The molecular formula is C15H25O. The molecule has 16 heavy (non-hydrogen) atoms. The van der Waals surface area contributed by atoms with Gasteiger partial charge in [0.15, 0.2) is 0 Å². The van der Waals surface area contributed by atoms with Crippen LogP contribution in [0.1, 0.15) is 53.9 Å². The van der Waals surface area contributed by atoms with Gasteiger partial charge in [-0.05, 0) is 36.0 Å².